The summed E-state index contributed by atoms with van der Waals surface area (Å²) in [5, 5.41) is 11.4. The van der Waals surface area contributed by atoms with Gasteiger partial charge in [0.05, 0.1) is 9.75 Å². The fourth-order valence-corrected chi connectivity index (χ4v) is 2.74. The predicted molar refractivity (Wildman–Crippen MR) is 80.6 cm³/mol. The molecule has 112 valence electrons. The van der Waals surface area contributed by atoms with Gasteiger partial charge >= 0.3 is 5.97 Å². The normalized spacial score (nSPS) is 12.1. The van der Waals surface area contributed by atoms with E-state index < -0.39 is 5.97 Å². The fourth-order valence-electron chi connectivity index (χ4n) is 1.87. The van der Waals surface area contributed by atoms with Crippen molar-refractivity contribution in [3.63, 3.8) is 0 Å². The van der Waals surface area contributed by atoms with E-state index in [2.05, 4.69) is 5.32 Å². The van der Waals surface area contributed by atoms with E-state index in [-0.39, 0.29) is 18.4 Å². The molecule has 2 heterocycles. The molecular formula is C15H17NO4S. The second-order valence-electron chi connectivity index (χ2n) is 4.88. The van der Waals surface area contributed by atoms with Crippen molar-refractivity contribution in [3.8, 4) is 10.6 Å². The molecule has 0 bridgehead atoms. The number of amides is 1. The maximum absolute atomic E-state index is 12.1. The summed E-state index contributed by atoms with van der Waals surface area (Å²) in [4.78, 5) is 24.1. The van der Waals surface area contributed by atoms with E-state index in [1.165, 1.54) is 11.3 Å². The molecule has 0 radical (unpaired) electrons. The van der Waals surface area contributed by atoms with Crippen LogP contribution in [0.3, 0.4) is 0 Å². The third-order valence-corrected chi connectivity index (χ3v) is 4.08. The topological polar surface area (TPSA) is 79.5 Å². The van der Waals surface area contributed by atoms with Crippen LogP contribution in [0.5, 0.6) is 0 Å². The largest absolute Gasteiger partial charge is 0.481 e. The first-order chi connectivity index (χ1) is 9.95. The van der Waals surface area contributed by atoms with Crippen LogP contribution >= 0.6 is 11.3 Å². The van der Waals surface area contributed by atoms with Crippen LogP contribution in [0.4, 0.5) is 0 Å². The summed E-state index contributed by atoms with van der Waals surface area (Å²) in [6.07, 6.45) is 0.458. The molecular weight excluding hydrogens is 290 g/mol. The van der Waals surface area contributed by atoms with E-state index in [1.807, 2.05) is 25.1 Å². The summed E-state index contributed by atoms with van der Waals surface area (Å²) in [5.41, 5.74) is 0. The first kappa shape index (κ1) is 15.3. The zero-order valence-electron chi connectivity index (χ0n) is 11.9. The minimum Gasteiger partial charge on any atom is -0.481 e. The van der Waals surface area contributed by atoms with E-state index in [0.29, 0.717) is 11.3 Å². The van der Waals surface area contributed by atoms with Crippen molar-refractivity contribution in [3.05, 3.63) is 34.9 Å². The highest BCUT2D eigenvalue weighted by molar-refractivity contribution is 7.17. The van der Waals surface area contributed by atoms with Crippen LogP contribution in [-0.4, -0.2) is 23.0 Å². The molecule has 6 heteroatoms. The number of furan rings is 1. The Hall–Kier alpha value is -2.08. The van der Waals surface area contributed by atoms with Crippen LogP contribution in [0.15, 0.2) is 28.7 Å². The van der Waals surface area contributed by atoms with Gasteiger partial charge in [0.2, 0.25) is 0 Å². The average molecular weight is 307 g/mol. The number of carboxylic acids is 1. The molecule has 1 unspecified atom stereocenters. The van der Waals surface area contributed by atoms with Gasteiger partial charge in [-0.25, -0.2) is 0 Å². The maximum atomic E-state index is 12.1. The number of carbonyl (C=O) groups is 2. The van der Waals surface area contributed by atoms with Crippen molar-refractivity contribution < 1.29 is 19.1 Å². The Morgan fingerprint density at radius 1 is 1.33 bits per heavy atom. The zero-order valence-corrected chi connectivity index (χ0v) is 12.7. The highest BCUT2D eigenvalue weighted by Crippen LogP contribution is 2.29. The van der Waals surface area contributed by atoms with Crippen molar-refractivity contribution in [2.75, 3.05) is 0 Å². The van der Waals surface area contributed by atoms with Crippen LogP contribution in [0.1, 0.15) is 35.2 Å². The summed E-state index contributed by atoms with van der Waals surface area (Å²) < 4.78 is 5.52. The van der Waals surface area contributed by atoms with Gasteiger partial charge in [0.1, 0.15) is 11.5 Å². The Kier molecular flexibility index (Phi) is 4.80. The molecule has 0 aliphatic carbocycles. The molecule has 1 atom stereocenters. The smallest absolute Gasteiger partial charge is 0.303 e. The molecule has 0 fully saturated rings. The number of carbonyl (C=O) groups excluding carboxylic acids is 1. The number of nitrogens with one attached hydrogen (secondary N) is 1. The Bertz CT molecular complexity index is 644. The molecule has 2 aromatic rings. The molecule has 0 spiro atoms. The maximum Gasteiger partial charge on any atom is 0.303 e. The predicted octanol–water partition coefficient (Wildman–Crippen LogP) is 3.30. The summed E-state index contributed by atoms with van der Waals surface area (Å²) in [7, 11) is 0. The third-order valence-electron chi connectivity index (χ3n) is 2.98. The van der Waals surface area contributed by atoms with Gasteiger partial charge in [-0.2, -0.15) is 0 Å². The molecule has 0 aliphatic rings. The first-order valence-electron chi connectivity index (χ1n) is 6.65. The number of aliphatic carboxylic acids is 1. The number of hydrogen-bond donors (Lipinski definition) is 2. The van der Waals surface area contributed by atoms with Gasteiger partial charge in [-0.15, -0.1) is 11.3 Å². The molecule has 1 amide bonds. The van der Waals surface area contributed by atoms with E-state index in [1.54, 1.807) is 13.0 Å². The van der Waals surface area contributed by atoms with Crippen LogP contribution in [0.2, 0.25) is 0 Å². The Morgan fingerprint density at radius 3 is 2.71 bits per heavy atom. The molecule has 2 N–H and O–H groups in total. The third kappa shape index (κ3) is 4.19. The number of thiophene rings is 1. The van der Waals surface area contributed by atoms with Gasteiger partial charge in [-0.05, 0) is 44.5 Å². The van der Waals surface area contributed by atoms with Crippen molar-refractivity contribution in [2.45, 2.75) is 32.7 Å². The lowest BCUT2D eigenvalue weighted by molar-refractivity contribution is -0.137. The fraction of sp³-hybridized carbons (Fsp3) is 0.333. The standard InChI is InChI=1S/C15H17NO4S/c1-9(3-8-14(17)18)16-15(19)13-7-6-12(21-13)11-5-4-10(2)20-11/h4-7,9H,3,8H2,1-2H3,(H,16,19)(H,17,18). The second-order valence-corrected chi connectivity index (χ2v) is 5.96. The monoisotopic (exact) mass is 307 g/mol. The summed E-state index contributed by atoms with van der Waals surface area (Å²) in [6, 6.07) is 7.17. The molecule has 0 aliphatic heterocycles. The van der Waals surface area contributed by atoms with Gasteiger partial charge in [0, 0.05) is 12.5 Å². The van der Waals surface area contributed by atoms with E-state index in [4.69, 9.17) is 9.52 Å². The number of rotatable bonds is 6. The molecule has 0 saturated carbocycles. The van der Waals surface area contributed by atoms with Crippen molar-refractivity contribution >= 4 is 23.2 Å². The quantitative estimate of drug-likeness (QED) is 0.858. The summed E-state index contributed by atoms with van der Waals surface area (Å²) in [6.45, 7) is 3.67. The van der Waals surface area contributed by atoms with Crippen LogP contribution in [0, 0.1) is 6.92 Å². The Labute approximate surface area is 126 Å². The summed E-state index contributed by atoms with van der Waals surface area (Å²) >= 11 is 1.35. The lowest BCUT2D eigenvalue weighted by Crippen LogP contribution is -2.32. The lowest BCUT2D eigenvalue weighted by Gasteiger charge is -2.11. The van der Waals surface area contributed by atoms with Gasteiger partial charge in [-0.3, -0.25) is 9.59 Å². The Balaban J connectivity index is 1.97. The van der Waals surface area contributed by atoms with Gasteiger partial charge < -0.3 is 14.8 Å². The van der Waals surface area contributed by atoms with E-state index in [0.717, 1.165) is 16.4 Å². The van der Waals surface area contributed by atoms with Crippen molar-refractivity contribution in [2.24, 2.45) is 0 Å². The SMILES string of the molecule is Cc1ccc(-c2ccc(C(=O)NC(C)CCC(=O)O)s2)o1. The minimum atomic E-state index is -0.859. The lowest BCUT2D eigenvalue weighted by atomic mass is 10.2. The van der Waals surface area contributed by atoms with Crippen LogP contribution in [0.25, 0.3) is 10.6 Å². The van der Waals surface area contributed by atoms with Gasteiger partial charge in [-0.1, -0.05) is 0 Å². The van der Waals surface area contributed by atoms with Crippen LogP contribution in [-0.2, 0) is 4.79 Å². The van der Waals surface area contributed by atoms with Gasteiger partial charge in [0.15, 0.2) is 0 Å². The molecule has 0 aromatic carbocycles. The number of hydrogen-bond acceptors (Lipinski definition) is 4. The van der Waals surface area contributed by atoms with Crippen molar-refractivity contribution in [1.29, 1.82) is 0 Å². The molecule has 5 nitrogen and oxygen atoms in total. The molecule has 2 aromatic heterocycles. The number of aryl methyl sites for hydroxylation is 1. The van der Waals surface area contributed by atoms with Crippen LogP contribution < -0.4 is 5.32 Å². The Morgan fingerprint density at radius 2 is 2.10 bits per heavy atom. The van der Waals surface area contributed by atoms with Crippen molar-refractivity contribution in [1.82, 2.24) is 5.32 Å². The summed E-state index contributed by atoms with van der Waals surface area (Å²) in [5.74, 6) is 0.525. The zero-order chi connectivity index (χ0) is 15.4. The van der Waals surface area contributed by atoms with Gasteiger partial charge in [0.25, 0.3) is 5.91 Å². The molecule has 21 heavy (non-hydrogen) atoms. The van der Waals surface area contributed by atoms with E-state index in [9.17, 15) is 9.59 Å². The second kappa shape index (κ2) is 6.58. The molecule has 2 rings (SSSR count). The van der Waals surface area contributed by atoms with E-state index >= 15 is 0 Å². The minimum absolute atomic E-state index is 0.0445. The highest BCUT2D eigenvalue weighted by Gasteiger charge is 2.14. The average Bonchev–Trinajstić information content (AvgIpc) is 3.04. The number of carboxylic acid groups (broad SMARTS) is 1. The highest BCUT2D eigenvalue weighted by atomic mass is 32.1. The molecule has 0 saturated heterocycles. The first-order valence-corrected chi connectivity index (χ1v) is 7.46.